The van der Waals surface area contributed by atoms with Gasteiger partial charge in [0.25, 0.3) is 0 Å². The van der Waals surface area contributed by atoms with E-state index in [0.717, 1.165) is 25.9 Å². The van der Waals surface area contributed by atoms with Crippen molar-refractivity contribution in [1.82, 2.24) is 10.2 Å². The van der Waals surface area contributed by atoms with Crippen LogP contribution < -0.4 is 10.6 Å². The SMILES string of the molecule is CC(N)c1nnc(N2CCCC(C)(O)CC2)o1. The van der Waals surface area contributed by atoms with Crippen molar-refractivity contribution in [3.05, 3.63) is 5.89 Å². The van der Waals surface area contributed by atoms with Gasteiger partial charge in [-0.25, -0.2) is 0 Å². The Hall–Kier alpha value is -1.14. The largest absolute Gasteiger partial charge is 0.406 e. The third-order valence-electron chi connectivity index (χ3n) is 3.15. The van der Waals surface area contributed by atoms with Crippen LogP contribution in [0.25, 0.3) is 0 Å². The Bertz CT molecular complexity index is 375. The van der Waals surface area contributed by atoms with Gasteiger partial charge < -0.3 is 20.2 Å². The molecule has 2 rings (SSSR count). The van der Waals surface area contributed by atoms with Gasteiger partial charge in [-0.05, 0) is 33.1 Å². The summed E-state index contributed by atoms with van der Waals surface area (Å²) < 4.78 is 5.51. The quantitative estimate of drug-likeness (QED) is 0.796. The first-order valence-corrected chi connectivity index (χ1v) is 6.04. The Labute approximate surface area is 101 Å². The van der Waals surface area contributed by atoms with E-state index in [-0.39, 0.29) is 6.04 Å². The maximum absolute atomic E-state index is 10.00. The minimum absolute atomic E-state index is 0.244. The molecule has 0 spiro atoms. The standard InChI is InChI=1S/C11H20N4O2/c1-8(12)9-13-14-10(17-9)15-6-3-4-11(2,16)5-7-15/h8,16H,3-7,12H2,1-2H3. The van der Waals surface area contributed by atoms with Crippen LogP contribution in [0.5, 0.6) is 0 Å². The molecule has 0 aliphatic carbocycles. The molecule has 2 atom stereocenters. The second-order valence-electron chi connectivity index (χ2n) is 5.05. The summed E-state index contributed by atoms with van der Waals surface area (Å²) in [4.78, 5) is 2.01. The molecule has 6 heteroatoms. The number of hydrogen-bond donors (Lipinski definition) is 2. The van der Waals surface area contributed by atoms with E-state index in [0.29, 0.717) is 18.3 Å². The highest BCUT2D eigenvalue weighted by molar-refractivity contribution is 5.24. The molecule has 0 bridgehead atoms. The van der Waals surface area contributed by atoms with Gasteiger partial charge in [-0.3, -0.25) is 0 Å². The minimum atomic E-state index is -0.585. The zero-order valence-electron chi connectivity index (χ0n) is 10.4. The lowest BCUT2D eigenvalue weighted by Crippen LogP contribution is -2.28. The monoisotopic (exact) mass is 240 g/mol. The molecule has 6 nitrogen and oxygen atoms in total. The minimum Gasteiger partial charge on any atom is -0.406 e. The van der Waals surface area contributed by atoms with Crippen molar-refractivity contribution in [2.24, 2.45) is 5.73 Å². The van der Waals surface area contributed by atoms with E-state index in [2.05, 4.69) is 10.2 Å². The number of anilines is 1. The van der Waals surface area contributed by atoms with E-state index in [1.54, 1.807) is 0 Å². The van der Waals surface area contributed by atoms with E-state index < -0.39 is 5.60 Å². The van der Waals surface area contributed by atoms with Crippen molar-refractivity contribution in [2.45, 2.75) is 44.8 Å². The number of nitrogens with zero attached hydrogens (tertiary/aromatic N) is 3. The van der Waals surface area contributed by atoms with Crippen molar-refractivity contribution < 1.29 is 9.52 Å². The van der Waals surface area contributed by atoms with E-state index in [9.17, 15) is 5.11 Å². The number of nitrogens with two attached hydrogens (primary N) is 1. The third kappa shape index (κ3) is 2.95. The molecule has 96 valence electrons. The summed E-state index contributed by atoms with van der Waals surface area (Å²) in [5.41, 5.74) is 5.09. The van der Waals surface area contributed by atoms with Gasteiger partial charge in [0, 0.05) is 13.1 Å². The molecule has 1 aliphatic rings. The topological polar surface area (TPSA) is 88.4 Å². The summed E-state index contributed by atoms with van der Waals surface area (Å²) in [6.45, 7) is 5.24. The van der Waals surface area contributed by atoms with Crippen molar-refractivity contribution in [1.29, 1.82) is 0 Å². The van der Waals surface area contributed by atoms with Gasteiger partial charge in [0.1, 0.15) is 0 Å². The van der Waals surface area contributed by atoms with Crippen LogP contribution in [0.2, 0.25) is 0 Å². The van der Waals surface area contributed by atoms with Crippen LogP contribution in [0.3, 0.4) is 0 Å². The van der Waals surface area contributed by atoms with Gasteiger partial charge in [0.05, 0.1) is 11.6 Å². The second-order valence-corrected chi connectivity index (χ2v) is 5.05. The zero-order valence-corrected chi connectivity index (χ0v) is 10.4. The van der Waals surface area contributed by atoms with Crippen molar-refractivity contribution in [2.75, 3.05) is 18.0 Å². The summed E-state index contributed by atoms with van der Waals surface area (Å²) in [5, 5.41) is 17.9. The van der Waals surface area contributed by atoms with Gasteiger partial charge >= 0.3 is 6.01 Å². The first-order chi connectivity index (χ1) is 7.98. The average Bonchev–Trinajstić information content (AvgIpc) is 2.65. The highest BCUT2D eigenvalue weighted by atomic mass is 16.4. The highest BCUT2D eigenvalue weighted by Gasteiger charge is 2.27. The summed E-state index contributed by atoms with van der Waals surface area (Å²) in [5.74, 6) is 0.455. The molecule has 0 amide bonds. The molecule has 3 N–H and O–H groups in total. The van der Waals surface area contributed by atoms with Gasteiger partial charge in [-0.1, -0.05) is 5.10 Å². The first kappa shape index (κ1) is 12.3. The average molecular weight is 240 g/mol. The maximum Gasteiger partial charge on any atom is 0.318 e. The zero-order chi connectivity index (χ0) is 12.5. The normalized spacial score (nSPS) is 27.9. The van der Waals surface area contributed by atoms with E-state index in [1.165, 1.54) is 0 Å². The second kappa shape index (κ2) is 4.62. The Kier molecular flexibility index (Phi) is 3.35. The van der Waals surface area contributed by atoms with Crippen molar-refractivity contribution >= 4 is 6.01 Å². The van der Waals surface area contributed by atoms with Gasteiger partial charge in [-0.2, -0.15) is 0 Å². The number of rotatable bonds is 2. The molecule has 1 saturated heterocycles. The van der Waals surface area contributed by atoms with Gasteiger partial charge in [-0.15, -0.1) is 5.10 Å². The summed E-state index contributed by atoms with van der Waals surface area (Å²) >= 11 is 0. The number of aromatic nitrogens is 2. The van der Waals surface area contributed by atoms with Crippen molar-refractivity contribution in [3.63, 3.8) is 0 Å². The Morgan fingerprint density at radius 2 is 2.18 bits per heavy atom. The molecular weight excluding hydrogens is 220 g/mol. The smallest absolute Gasteiger partial charge is 0.318 e. The fourth-order valence-electron chi connectivity index (χ4n) is 1.99. The van der Waals surface area contributed by atoms with Crippen LogP contribution in [0.15, 0.2) is 4.42 Å². The lowest BCUT2D eigenvalue weighted by Gasteiger charge is -2.21. The van der Waals surface area contributed by atoms with Crippen LogP contribution in [0.1, 0.15) is 45.0 Å². The molecule has 0 radical (unpaired) electrons. The Morgan fingerprint density at radius 1 is 1.41 bits per heavy atom. The fraction of sp³-hybridized carbons (Fsp3) is 0.818. The van der Waals surface area contributed by atoms with E-state index in [4.69, 9.17) is 10.2 Å². The molecule has 2 heterocycles. The highest BCUT2D eigenvalue weighted by Crippen LogP contribution is 2.25. The van der Waals surface area contributed by atoms with Crippen LogP contribution in [-0.4, -0.2) is 34.0 Å². The van der Waals surface area contributed by atoms with Crippen LogP contribution in [0, 0.1) is 0 Å². The Balaban J connectivity index is 2.06. The van der Waals surface area contributed by atoms with E-state index in [1.807, 2.05) is 18.7 Å². The summed E-state index contributed by atoms with van der Waals surface area (Å²) in [6, 6.07) is 0.265. The van der Waals surface area contributed by atoms with Crippen LogP contribution in [-0.2, 0) is 0 Å². The van der Waals surface area contributed by atoms with Crippen molar-refractivity contribution in [3.8, 4) is 0 Å². The Morgan fingerprint density at radius 3 is 2.82 bits per heavy atom. The molecular formula is C11H20N4O2. The predicted molar refractivity (Wildman–Crippen MR) is 63.6 cm³/mol. The van der Waals surface area contributed by atoms with Gasteiger partial charge in [0.15, 0.2) is 0 Å². The van der Waals surface area contributed by atoms with Crippen LogP contribution in [0.4, 0.5) is 6.01 Å². The number of hydrogen-bond acceptors (Lipinski definition) is 6. The van der Waals surface area contributed by atoms with Gasteiger partial charge in [0.2, 0.25) is 5.89 Å². The summed E-state index contributed by atoms with van der Waals surface area (Å²) in [7, 11) is 0. The van der Waals surface area contributed by atoms with E-state index >= 15 is 0 Å². The third-order valence-corrected chi connectivity index (χ3v) is 3.15. The number of aliphatic hydroxyl groups is 1. The molecule has 0 saturated carbocycles. The molecule has 0 aromatic carbocycles. The fourth-order valence-corrected chi connectivity index (χ4v) is 1.99. The maximum atomic E-state index is 10.00. The molecule has 2 unspecified atom stereocenters. The molecule has 1 aromatic rings. The first-order valence-electron chi connectivity index (χ1n) is 6.04. The molecule has 17 heavy (non-hydrogen) atoms. The molecule has 1 aromatic heterocycles. The van der Waals surface area contributed by atoms with Crippen LogP contribution >= 0.6 is 0 Å². The molecule has 1 fully saturated rings. The summed E-state index contributed by atoms with van der Waals surface area (Å²) in [6.07, 6.45) is 2.43. The lowest BCUT2D eigenvalue weighted by atomic mass is 9.98. The molecule has 1 aliphatic heterocycles. The predicted octanol–water partition coefficient (Wildman–Crippen LogP) is 0.831. The lowest BCUT2D eigenvalue weighted by molar-refractivity contribution is 0.0481.